The lowest BCUT2D eigenvalue weighted by Gasteiger charge is -2.19. The van der Waals surface area contributed by atoms with Crippen molar-refractivity contribution < 1.29 is 0 Å². The molecule has 0 aliphatic carbocycles. The van der Waals surface area contributed by atoms with Gasteiger partial charge in [-0.1, -0.05) is 54.1 Å². The van der Waals surface area contributed by atoms with Gasteiger partial charge >= 0.3 is 0 Å². The Morgan fingerprint density at radius 1 is 0.895 bits per heavy atom. The zero-order valence-corrected chi connectivity index (χ0v) is 10.9. The van der Waals surface area contributed by atoms with Gasteiger partial charge in [0.05, 0.1) is 12.1 Å². The number of rotatable bonds is 3. The predicted molar refractivity (Wildman–Crippen MR) is 74.5 cm³/mol. The van der Waals surface area contributed by atoms with Crippen LogP contribution in [0.5, 0.6) is 0 Å². The summed E-state index contributed by atoms with van der Waals surface area (Å²) >= 11 is 5.84. The molecule has 3 heteroatoms. The summed E-state index contributed by atoms with van der Waals surface area (Å²) in [6, 6.07) is 20.7. The van der Waals surface area contributed by atoms with Gasteiger partial charge in [0.15, 0.2) is 5.41 Å². The topological polar surface area (TPSA) is 47.6 Å². The lowest BCUT2D eigenvalue weighted by molar-refractivity contribution is 0.695. The van der Waals surface area contributed by atoms with Crippen molar-refractivity contribution in [3.63, 3.8) is 0 Å². The SMILES string of the molecule is N#CC(C#N)(Cc1ccccc1)c1ccc(Cl)cc1. The fourth-order valence-corrected chi connectivity index (χ4v) is 2.10. The first-order valence-corrected chi connectivity index (χ1v) is 6.20. The van der Waals surface area contributed by atoms with Gasteiger partial charge in [-0.25, -0.2) is 0 Å². The number of hydrogen-bond acceptors (Lipinski definition) is 2. The van der Waals surface area contributed by atoms with Crippen LogP contribution in [0, 0.1) is 22.7 Å². The minimum atomic E-state index is -1.17. The van der Waals surface area contributed by atoms with Gasteiger partial charge in [-0.15, -0.1) is 0 Å². The van der Waals surface area contributed by atoms with Crippen LogP contribution in [0.2, 0.25) is 5.02 Å². The maximum Gasteiger partial charge on any atom is 0.172 e. The van der Waals surface area contributed by atoms with Crippen LogP contribution in [-0.4, -0.2) is 0 Å². The summed E-state index contributed by atoms with van der Waals surface area (Å²) in [6.07, 6.45) is 0.364. The van der Waals surface area contributed by atoms with Gasteiger partial charge in [-0.2, -0.15) is 10.5 Å². The monoisotopic (exact) mass is 266 g/mol. The molecule has 0 saturated heterocycles. The Balaban J connectivity index is 2.42. The summed E-state index contributed by atoms with van der Waals surface area (Å²) in [5.74, 6) is 0. The van der Waals surface area contributed by atoms with E-state index in [1.165, 1.54) is 0 Å². The van der Waals surface area contributed by atoms with Crippen LogP contribution in [0.15, 0.2) is 54.6 Å². The molecule has 2 aromatic carbocycles. The number of nitriles is 2. The molecular weight excluding hydrogens is 256 g/mol. The van der Waals surface area contributed by atoms with E-state index in [4.69, 9.17) is 11.6 Å². The van der Waals surface area contributed by atoms with Gasteiger partial charge in [-0.05, 0) is 23.3 Å². The lowest BCUT2D eigenvalue weighted by atomic mass is 9.78. The van der Waals surface area contributed by atoms with Crippen molar-refractivity contribution in [2.24, 2.45) is 0 Å². The van der Waals surface area contributed by atoms with Crippen LogP contribution in [-0.2, 0) is 11.8 Å². The molecule has 2 nitrogen and oxygen atoms in total. The summed E-state index contributed by atoms with van der Waals surface area (Å²) in [4.78, 5) is 0. The second-order valence-electron chi connectivity index (χ2n) is 4.30. The Morgan fingerprint density at radius 3 is 2.00 bits per heavy atom. The summed E-state index contributed by atoms with van der Waals surface area (Å²) in [7, 11) is 0. The highest BCUT2D eigenvalue weighted by molar-refractivity contribution is 6.30. The fourth-order valence-electron chi connectivity index (χ4n) is 1.97. The van der Waals surface area contributed by atoms with E-state index in [0.29, 0.717) is 17.0 Å². The molecule has 0 radical (unpaired) electrons. The van der Waals surface area contributed by atoms with Crippen molar-refractivity contribution in [1.29, 1.82) is 10.5 Å². The quantitative estimate of drug-likeness (QED) is 0.847. The molecule has 0 amide bonds. The van der Waals surface area contributed by atoms with Crippen molar-refractivity contribution in [3.8, 4) is 12.1 Å². The fraction of sp³-hybridized carbons (Fsp3) is 0.125. The Bertz CT molecular complexity index is 619. The van der Waals surface area contributed by atoms with Crippen LogP contribution in [0.4, 0.5) is 0 Å². The molecule has 0 atom stereocenters. The van der Waals surface area contributed by atoms with Crippen molar-refractivity contribution in [3.05, 3.63) is 70.7 Å². The molecule has 19 heavy (non-hydrogen) atoms. The summed E-state index contributed by atoms with van der Waals surface area (Å²) in [6.45, 7) is 0. The van der Waals surface area contributed by atoms with E-state index in [0.717, 1.165) is 5.56 Å². The molecule has 0 aromatic heterocycles. The van der Waals surface area contributed by atoms with Crippen LogP contribution in [0.3, 0.4) is 0 Å². The summed E-state index contributed by atoms with van der Waals surface area (Å²) in [5, 5.41) is 19.5. The van der Waals surface area contributed by atoms with Gasteiger partial charge < -0.3 is 0 Å². The van der Waals surface area contributed by atoms with Gasteiger partial charge in [0, 0.05) is 11.4 Å². The van der Waals surface area contributed by atoms with E-state index >= 15 is 0 Å². The highest BCUT2D eigenvalue weighted by atomic mass is 35.5. The Hall–Kier alpha value is -2.29. The van der Waals surface area contributed by atoms with Crippen LogP contribution >= 0.6 is 11.6 Å². The smallest absolute Gasteiger partial charge is 0.172 e. The molecule has 0 unspecified atom stereocenters. The minimum absolute atomic E-state index is 0.364. The van der Waals surface area contributed by atoms with Gasteiger partial charge in [0.2, 0.25) is 0 Å². The van der Waals surface area contributed by atoms with Gasteiger partial charge in [-0.3, -0.25) is 0 Å². The maximum atomic E-state index is 9.46. The molecule has 0 saturated carbocycles. The van der Waals surface area contributed by atoms with E-state index in [1.807, 2.05) is 30.3 Å². The first kappa shape index (κ1) is 13.1. The zero-order chi connectivity index (χ0) is 13.7. The summed E-state index contributed by atoms with van der Waals surface area (Å²) < 4.78 is 0. The Kier molecular flexibility index (Phi) is 3.85. The molecular formula is C16H11ClN2. The second kappa shape index (κ2) is 5.57. The second-order valence-corrected chi connectivity index (χ2v) is 4.73. The molecule has 2 rings (SSSR count). The molecule has 0 aliphatic rings. The molecule has 2 aromatic rings. The number of benzene rings is 2. The normalized spacial score (nSPS) is 10.5. The van der Waals surface area contributed by atoms with Crippen LogP contribution < -0.4 is 0 Å². The highest BCUT2D eigenvalue weighted by Crippen LogP contribution is 2.28. The maximum absolute atomic E-state index is 9.46. The standard InChI is InChI=1S/C16H11ClN2/c17-15-8-6-14(7-9-15)16(11-18,12-19)10-13-4-2-1-3-5-13/h1-9H,10H2. The zero-order valence-electron chi connectivity index (χ0n) is 10.2. The van der Waals surface area contributed by atoms with Gasteiger partial charge in [0.25, 0.3) is 0 Å². The van der Waals surface area contributed by atoms with E-state index in [2.05, 4.69) is 12.1 Å². The Morgan fingerprint density at radius 2 is 1.47 bits per heavy atom. The van der Waals surface area contributed by atoms with Crippen molar-refractivity contribution in [1.82, 2.24) is 0 Å². The van der Waals surface area contributed by atoms with E-state index in [1.54, 1.807) is 24.3 Å². The van der Waals surface area contributed by atoms with Crippen molar-refractivity contribution >= 4 is 11.6 Å². The lowest BCUT2D eigenvalue weighted by Crippen LogP contribution is -2.25. The van der Waals surface area contributed by atoms with Crippen LogP contribution in [0.25, 0.3) is 0 Å². The highest BCUT2D eigenvalue weighted by Gasteiger charge is 2.32. The third-order valence-electron chi connectivity index (χ3n) is 3.03. The predicted octanol–water partition coefficient (Wildman–Crippen LogP) is 3.87. The third kappa shape index (κ3) is 2.76. The molecule has 0 aliphatic heterocycles. The first-order chi connectivity index (χ1) is 9.20. The Labute approximate surface area is 117 Å². The average molecular weight is 267 g/mol. The van der Waals surface area contributed by atoms with Crippen molar-refractivity contribution in [2.75, 3.05) is 0 Å². The van der Waals surface area contributed by atoms with E-state index < -0.39 is 5.41 Å². The third-order valence-corrected chi connectivity index (χ3v) is 3.28. The number of nitrogens with zero attached hydrogens (tertiary/aromatic N) is 2. The number of hydrogen-bond donors (Lipinski definition) is 0. The summed E-state index contributed by atoms with van der Waals surface area (Å²) in [5.41, 5.74) is 0.456. The number of halogens is 1. The molecule has 92 valence electrons. The molecule has 0 spiro atoms. The van der Waals surface area contributed by atoms with E-state index in [-0.39, 0.29) is 0 Å². The average Bonchev–Trinajstić information content (AvgIpc) is 2.47. The molecule has 0 heterocycles. The van der Waals surface area contributed by atoms with Gasteiger partial charge in [0.1, 0.15) is 0 Å². The molecule has 0 N–H and O–H groups in total. The molecule has 0 fully saturated rings. The van der Waals surface area contributed by atoms with Crippen molar-refractivity contribution in [2.45, 2.75) is 11.8 Å². The molecule has 0 bridgehead atoms. The minimum Gasteiger partial charge on any atom is -0.196 e. The van der Waals surface area contributed by atoms with E-state index in [9.17, 15) is 10.5 Å². The largest absolute Gasteiger partial charge is 0.196 e. The first-order valence-electron chi connectivity index (χ1n) is 5.83. The van der Waals surface area contributed by atoms with Crippen LogP contribution in [0.1, 0.15) is 11.1 Å².